The highest BCUT2D eigenvalue weighted by Crippen LogP contribution is 2.07. The van der Waals surface area contributed by atoms with Gasteiger partial charge in [-0.3, -0.25) is 4.68 Å². The highest BCUT2D eigenvalue weighted by atomic mass is 127. The average molecular weight is 457 g/mol. The van der Waals surface area contributed by atoms with Crippen molar-refractivity contribution in [1.82, 2.24) is 30.3 Å². The largest absolute Gasteiger partial charge is 0.357 e. The molecule has 25 heavy (non-hydrogen) atoms. The lowest BCUT2D eigenvalue weighted by Gasteiger charge is -2.11. The normalized spacial score (nSPS) is 11.3. The van der Waals surface area contributed by atoms with Gasteiger partial charge in [-0.25, -0.2) is 9.98 Å². The van der Waals surface area contributed by atoms with Crippen molar-refractivity contribution in [2.75, 3.05) is 20.6 Å². The van der Waals surface area contributed by atoms with Crippen LogP contribution in [0, 0.1) is 0 Å². The number of hydrogen-bond acceptors (Lipinski definition) is 4. The van der Waals surface area contributed by atoms with E-state index in [0.717, 1.165) is 24.9 Å². The van der Waals surface area contributed by atoms with Gasteiger partial charge in [-0.1, -0.05) is 24.3 Å². The molecule has 0 saturated heterocycles. The number of aliphatic imine (C=N–C) groups is 1. The minimum atomic E-state index is 0. The highest BCUT2D eigenvalue weighted by molar-refractivity contribution is 14.0. The van der Waals surface area contributed by atoms with E-state index in [9.17, 15) is 0 Å². The Morgan fingerprint density at radius 1 is 1.16 bits per heavy atom. The molecule has 2 N–H and O–H groups in total. The Kier molecular flexibility index (Phi) is 9.43. The number of halogens is 1. The average Bonchev–Trinajstić information content (AvgIpc) is 2.96. The second-order valence-corrected chi connectivity index (χ2v) is 5.90. The van der Waals surface area contributed by atoms with Crippen LogP contribution in [0.25, 0.3) is 0 Å². The van der Waals surface area contributed by atoms with Gasteiger partial charge in [0.15, 0.2) is 5.96 Å². The van der Waals surface area contributed by atoms with Crippen molar-refractivity contribution in [3.63, 3.8) is 0 Å². The van der Waals surface area contributed by atoms with E-state index in [4.69, 9.17) is 0 Å². The van der Waals surface area contributed by atoms with E-state index in [-0.39, 0.29) is 24.0 Å². The van der Waals surface area contributed by atoms with Crippen molar-refractivity contribution in [2.24, 2.45) is 12.0 Å². The van der Waals surface area contributed by atoms with Gasteiger partial charge in [0, 0.05) is 20.1 Å². The number of aryl methyl sites for hydroxylation is 1. The summed E-state index contributed by atoms with van der Waals surface area (Å²) in [5, 5.41) is 10.6. The van der Waals surface area contributed by atoms with Gasteiger partial charge in [-0.2, -0.15) is 5.10 Å². The Morgan fingerprint density at radius 2 is 1.84 bits per heavy atom. The van der Waals surface area contributed by atoms with Gasteiger partial charge in [-0.05, 0) is 32.1 Å². The van der Waals surface area contributed by atoms with Gasteiger partial charge < -0.3 is 15.5 Å². The van der Waals surface area contributed by atoms with Crippen LogP contribution in [0.2, 0.25) is 0 Å². The summed E-state index contributed by atoms with van der Waals surface area (Å²) in [4.78, 5) is 11.0. The van der Waals surface area contributed by atoms with E-state index in [1.807, 2.05) is 7.05 Å². The van der Waals surface area contributed by atoms with Crippen molar-refractivity contribution in [3.05, 3.63) is 47.5 Å². The fourth-order valence-corrected chi connectivity index (χ4v) is 2.27. The summed E-state index contributed by atoms with van der Waals surface area (Å²) in [6.45, 7) is 5.04. The fraction of sp³-hybridized carbons (Fsp3) is 0.471. The molecule has 0 bridgehead atoms. The molecule has 2 rings (SSSR count). The van der Waals surface area contributed by atoms with Gasteiger partial charge >= 0.3 is 0 Å². The van der Waals surface area contributed by atoms with Crippen LogP contribution in [0.5, 0.6) is 0 Å². The lowest BCUT2D eigenvalue weighted by Crippen LogP contribution is -2.37. The maximum Gasteiger partial charge on any atom is 0.191 e. The molecule has 0 saturated carbocycles. The Hall–Kier alpha value is -1.68. The van der Waals surface area contributed by atoms with Crippen LogP contribution < -0.4 is 10.6 Å². The number of nitrogens with one attached hydrogen (secondary N) is 2. The summed E-state index contributed by atoms with van der Waals surface area (Å²) < 4.78 is 1.75. The lowest BCUT2D eigenvalue weighted by molar-refractivity contribution is 0.402. The third kappa shape index (κ3) is 7.39. The third-order valence-electron chi connectivity index (χ3n) is 3.50. The van der Waals surface area contributed by atoms with Gasteiger partial charge in [0.05, 0.1) is 13.1 Å². The van der Waals surface area contributed by atoms with Gasteiger partial charge in [0.1, 0.15) is 12.2 Å². The number of rotatable bonds is 7. The zero-order valence-corrected chi connectivity index (χ0v) is 17.7. The van der Waals surface area contributed by atoms with E-state index < -0.39 is 0 Å². The smallest absolute Gasteiger partial charge is 0.191 e. The van der Waals surface area contributed by atoms with Gasteiger partial charge in [0.2, 0.25) is 0 Å². The highest BCUT2D eigenvalue weighted by Gasteiger charge is 2.03. The maximum absolute atomic E-state index is 4.63. The molecule has 1 aromatic carbocycles. The number of nitrogens with zero attached hydrogens (tertiary/aromatic N) is 5. The zero-order chi connectivity index (χ0) is 17.4. The summed E-state index contributed by atoms with van der Waals surface area (Å²) in [7, 11) is 6.02. The molecule has 0 unspecified atom stereocenters. The predicted octanol–water partition coefficient (Wildman–Crippen LogP) is 1.75. The summed E-state index contributed by atoms with van der Waals surface area (Å²) in [5.41, 5.74) is 2.49. The molecule has 1 heterocycles. The number of benzene rings is 1. The van der Waals surface area contributed by atoms with Crippen LogP contribution in [0.4, 0.5) is 0 Å². The van der Waals surface area contributed by atoms with Gasteiger partial charge in [-0.15, -0.1) is 24.0 Å². The lowest BCUT2D eigenvalue weighted by atomic mass is 10.1. The first kappa shape index (κ1) is 21.4. The Morgan fingerprint density at radius 3 is 2.40 bits per heavy atom. The van der Waals surface area contributed by atoms with Crippen molar-refractivity contribution < 1.29 is 0 Å². The first-order valence-electron chi connectivity index (χ1n) is 8.16. The molecular weight excluding hydrogens is 429 g/mol. The molecule has 2 aromatic rings. The van der Waals surface area contributed by atoms with Crippen molar-refractivity contribution in [1.29, 1.82) is 0 Å². The summed E-state index contributed by atoms with van der Waals surface area (Å²) in [6.07, 6.45) is 1.55. The van der Waals surface area contributed by atoms with Crippen LogP contribution in [-0.4, -0.2) is 46.3 Å². The second kappa shape index (κ2) is 11.0. The van der Waals surface area contributed by atoms with Crippen LogP contribution in [0.1, 0.15) is 23.9 Å². The fourth-order valence-electron chi connectivity index (χ4n) is 2.27. The first-order chi connectivity index (χ1) is 11.6. The van der Waals surface area contributed by atoms with Crippen molar-refractivity contribution >= 4 is 29.9 Å². The van der Waals surface area contributed by atoms with E-state index in [0.29, 0.717) is 13.1 Å². The molecule has 0 aliphatic carbocycles. The molecule has 0 amide bonds. The standard InChI is InChI=1S/C17H27N7.HI/c1-5-18-17(20-11-16-21-13-22-24(16)4)19-10-14-6-8-15(9-7-14)12-23(2)3;/h6-9,13H,5,10-12H2,1-4H3,(H2,18,19,20);1H. The minimum absolute atomic E-state index is 0. The molecule has 0 aliphatic heterocycles. The molecule has 1 aromatic heterocycles. The second-order valence-electron chi connectivity index (χ2n) is 5.90. The van der Waals surface area contributed by atoms with E-state index >= 15 is 0 Å². The molecule has 138 valence electrons. The Balaban J connectivity index is 0.00000312. The van der Waals surface area contributed by atoms with Crippen LogP contribution in [-0.2, 0) is 26.7 Å². The Bertz CT molecular complexity index is 649. The van der Waals surface area contributed by atoms with Crippen molar-refractivity contribution in [3.8, 4) is 0 Å². The molecule has 0 radical (unpaired) electrons. The summed E-state index contributed by atoms with van der Waals surface area (Å²) >= 11 is 0. The summed E-state index contributed by atoms with van der Waals surface area (Å²) in [5.74, 6) is 1.64. The number of guanidine groups is 1. The Labute approximate surface area is 166 Å². The molecule has 0 atom stereocenters. The maximum atomic E-state index is 4.63. The zero-order valence-electron chi connectivity index (χ0n) is 15.4. The number of aromatic nitrogens is 3. The molecule has 0 aliphatic rings. The van der Waals surface area contributed by atoms with Crippen LogP contribution in [0.15, 0.2) is 35.6 Å². The van der Waals surface area contributed by atoms with E-state index in [2.05, 4.69) is 75.9 Å². The van der Waals surface area contributed by atoms with Crippen LogP contribution >= 0.6 is 24.0 Å². The minimum Gasteiger partial charge on any atom is -0.357 e. The van der Waals surface area contributed by atoms with Crippen molar-refractivity contribution in [2.45, 2.75) is 26.6 Å². The monoisotopic (exact) mass is 457 g/mol. The molecular formula is C17H28IN7. The third-order valence-corrected chi connectivity index (χ3v) is 3.50. The molecule has 0 spiro atoms. The van der Waals surface area contributed by atoms with Gasteiger partial charge in [0.25, 0.3) is 0 Å². The van der Waals surface area contributed by atoms with E-state index in [1.165, 1.54) is 11.1 Å². The first-order valence-corrected chi connectivity index (χ1v) is 8.16. The summed E-state index contributed by atoms with van der Waals surface area (Å²) in [6, 6.07) is 8.58. The quantitative estimate of drug-likeness (QED) is 0.377. The topological polar surface area (TPSA) is 70.4 Å². The molecule has 8 heteroatoms. The number of hydrogen-bond donors (Lipinski definition) is 2. The van der Waals surface area contributed by atoms with Crippen LogP contribution in [0.3, 0.4) is 0 Å². The predicted molar refractivity (Wildman–Crippen MR) is 112 cm³/mol. The molecule has 7 nitrogen and oxygen atoms in total. The van der Waals surface area contributed by atoms with E-state index in [1.54, 1.807) is 11.0 Å². The molecule has 0 fully saturated rings. The SMILES string of the molecule is CCNC(=NCc1ccc(CN(C)C)cc1)NCc1ncnn1C.I.